The predicted octanol–water partition coefficient (Wildman–Crippen LogP) is 3.34. The van der Waals surface area contributed by atoms with Crippen LogP contribution in [-0.2, 0) is 16.0 Å². The number of rotatable bonds is 5. The van der Waals surface area contributed by atoms with E-state index in [-0.39, 0.29) is 18.3 Å². The molecule has 1 fully saturated rings. The van der Waals surface area contributed by atoms with Crippen LogP contribution in [0.1, 0.15) is 12.0 Å². The van der Waals surface area contributed by atoms with Gasteiger partial charge in [0.2, 0.25) is 5.91 Å². The van der Waals surface area contributed by atoms with Crippen LogP contribution in [0.4, 0.5) is 0 Å². The molecule has 1 atom stereocenters. The molecule has 1 aliphatic rings. The van der Waals surface area contributed by atoms with Crippen molar-refractivity contribution in [2.75, 3.05) is 13.1 Å². The Bertz CT molecular complexity index is 715. The Hall–Kier alpha value is -2.33. The molecular formula is C19H18ClNO3. The molecule has 1 amide bonds. The Morgan fingerprint density at radius 2 is 1.83 bits per heavy atom. The predicted molar refractivity (Wildman–Crippen MR) is 91.9 cm³/mol. The van der Waals surface area contributed by atoms with Crippen LogP contribution >= 0.6 is 11.6 Å². The van der Waals surface area contributed by atoms with Crippen LogP contribution in [0.25, 0.3) is 0 Å². The molecule has 1 aliphatic heterocycles. The number of nitrogens with zero attached hydrogens (tertiary/aromatic N) is 1. The first-order chi connectivity index (χ1) is 11.6. The van der Waals surface area contributed by atoms with Crippen LogP contribution in [0.5, 0.6) is 5.75 Å². The maximum atomic E-state index is 12.2. The number of halogens is 1. The summed E-state index contributed by atoms with van der Waals surface area (Å²) in [7, 11) is 0. The van der Waals surface area contributed by atoms with Crippen molar-refractivity contribution in [2.24, 2.45) is 5.92 Å². The molecule has 0 aromatic heterocycles. The van der Waals surface area contributed by atoms with Gasteiger partial charge in [-0.2, -0.15) is 0 Å². The minimum Gasteiger partial charge on any atom is -0.426 e. The fourth-order valence-corrected chi connectivity index (χ4v) is 2.88. The van der Waals surface area contributed by atoms with Crippen LogP contribution in [0.15, 0.2) is 54.6 Å². The number of carbonyl (C=O) groups excluding carboxylic acids is 2. The SMILES string of the molecule is O=C(Oc1ccc(Cl)cc1)C1CC(=O)N(CCc2ccccc2)C1. The normalized spacial score (nSPS) is 17.1. The Morgan fingerprint density at radius 1 is 1.12 bits per heavy atom. The number of hydrogen-bond donors (Lipinski definition) is 0. The molecule has 1 heterocycles. The van der Waals surface area contributed by atoms with E-state index in [9.17, 15) is 9.59 Å². The van der Waals surface area contributed by atoms with Crippen LogP contribution in [0.2, 0.25) is 5.02 Å². The van der Waals surface area contributed by atoms with Crippen molar-refractivity contribution in [3.63, 3.8) is 0 Å². The van der Waals surface area contributed by atoms with Crippen molar-refractivity contribution in [3.05, 3.63) is 65.2 Å². The van der Waals surface area contributed by atoms with Crippen molar-refractivity contribution in [2.45, 2.75) is 12.8 Å². The quantitative estimate of drug-likeness (QED) is 0.618. The number of hydrogen-bond acceptors (Lipinski definition) is 3. The molecule has 24 heavy (non-hydrogen) atoms. The Kier molecular flexibility index (Phi) is 5.16. The zero-order chi connectivity index (χ0) is 16.9. The van der Waals surface area contributed by atoms with E-state index in [0.717, 1.165) is 6.42 Å². The first-order valence-electron chi connectivity index (χ1n) is 7.91. The smallest absolute Gasteiger partial charge is 0.316 e. The molecule has 0 N–H and O–H groups in total. The summed E-state index contributed by atoms with van der Waals surface area (Å²) in [6.45, 7) is 1.03. The lowest BCUT2D eigenvalue weighted by Gasteiger charge is -2.16. The Morgan fingerprint density at radius 3 is 2.54 bits per heavy atom. The van der Waals surface area contributed by atoms with E-state index in [1.54, 1.807) is 29.2 Å². The van der Waals surface area contributed by atoms with Crippen LogP contribution in [0.3, 0.4) is 0 Å². The van der Waals surface area contributed by atoms with Gasteiger partial charge >= 0.3 is 5.97 Å². The minimum absolute atomic E-state index is 0.00369. The third kappa shape index (κ3) is 4.15. The highest BCUT2D eigenvalue weighted by molar-refractivity contribution is 6.30. The molecule has 0 radical (unpaired) electrons. The van der Waals surface area contributed by atoms with Gasteiger partial charge < -0.3 is 9.64 Å². The lowest BCUT2D eigenvalue weighted by atomic mass is 10.1. The highest BCUT2D eigenvalue weighted by Crippen LogP contribution is 2.22. The summed E-state index contributed by atoms with van der Waals surface area (Å²) >= 11 is 5.81. The standard InChI is InChI=1S/C19H18ClNO3/c20-16-6-8-17(9-7-16)24-19(23)15-12-18(22)21(13-15)11-10-14-4-2-1-3-5-14/h1-9,15H,10-13H2. The van der Waals surface area contributed by atoms with Crippen molar-refractivity contribution in [1.29, 1.82) is 0 Å². The van der Waals surface area contributed by atoms with Gasteiger partial charge in [0.25, 0.3) is 0 Å². The molecule has 0 aliphatic carbocycles. The highest BCUT2D eigenvalue weighted by atomic mass is 35.5. The molecule has 2 aromatic carbocycles. The second kappa shape index (κ2) is 7.49. The number of ether oxygens (including phenoxy) is 1. The van der Waals surface area contributed by atoms with E-state index in [1.165, 1.54) is 5.56 Å². The Labute approximate surface area is 146 Å². The number of carbonyl (C=O) groups is 2. The topological polar surface area (TPSA) is 46.6 Å². The fourth-order valence-electron chi connectivity index (χ4n) is 2.76. The number of esters is 1. The van der Waals surface area contributed by atoms with E-state index in [2.05, 4.69) is 0 Å². The summed E-state index contributed by atoms with van der Waals surface area (Å²) in [6, 6.07) is 16.6. The maximum Gasteiger partial charge on any atom is 0.316 e. The molecule has 2 aromatic rings. The van der Waals surface area contributed by atoms with Crippen molar-refractivity contribution < 1.29 is 14.3 Å². The molecule has 1 saturated heterocycles. The molecular weight excluding hydrogens is 326 g/mol. The lowest BCUT2D eigenvalue weighted by Crippen LogP contribution is -2.29. The van der Waals surface area contributed by atoms with Gasteiger partial charge in [0.15, 0.2) is 0 Å². The molecule has 1 unspecified atom stereocenters. The van der Waals surface area contributed by atoms with Crippen LogP contribution in [0, 0.1) is 5.92 Å². The third-order valence-electron chi connectivity index (χ3n) is 4.09. The van der Waals surface area contributed by atoms with Gasteiger partial charge in [-0.05, 0) is 36.2 Å². The average Bonchev–Trinajstić information content (AvgIpc) is 2.97. The number of benzene rings is 2. The number of amides is 1. The van der Waals surface area contributed by atoms with Gasteiger partial charge in [-0.1, -0.05) is 41.9 Å². The van der Waals surface area contributed by atoms with Gasteiger partial charge in [0.05, 0.1) is 5.92 Å². The second-order valence-corrected chi connectivity index (χ2v) is 6.29. The van der Waals surface area contributed by atoms with Crippen molar-refractivity contribution in [1.82, 2.24) is 4.90 Å². The van der Waals surface area contributed by atoms with Crippen LogP contribution in [-0.4, -0.2) is 29.9 Å². The van der Waals surface area contributed by atoms with Gasteiger partial charge in [-0.25, -0.2) is 0 Å². The Balaban J connectivity index is 1.53. The van der Waals surface area contributed by atoms with Gasteiger partial charge in [0.1, 0.15) is 5.75 Å². The summed E-state index contributed by atoms with van der Waals surface area (Å²) in [5.74, 6) is -0.333. The summed E-state index contributed by atoms with van der Waals surface area (Å²) in [5, 5.41) is 0.581. The molecule has 0 bridgehead atoms. The highest BCUT2D eigenvalue weighted by Gasteiger charge is 2.35. The zero-order valence-corrected chi connectivity index (χ0v) is 13.9. The van der Waals surface area contributed by atoms with E-state index in [4.69, 9.17) is 16.3 Å². The van der Waals surface area contributed by atoms with Crippen LogP contribution < -0.4 is 4.74 Å². The monoisotopic (exact) mass is 343 g/mol. The van der Waals surface area contributed by atoms with Crippen molar-refractivity contribution in [3.8, 4) is 5.75 Å². The molecule has 4 nitrogen and oxygen atoms in total. The second-order valence-electron chi connectivity index (χ2n) is 5.85. The first kappa shape index (κ1) is 16.5. The summed E-state index contributed by atoms with van der Waals surface area (Å²) < 4.78 is 5.34. The van der Waals surface area contributed by atoms with E-state index >= 15 is 0 Å². The molecule has 5 heteroatoms. The van der Waals surface area contributed by atoms with Gasteiger partial charge in [-0.15, -0.1) is 0 Å². The molecule has 0 saturated carbocycles. The maximum absolute atomic E-state index is 12.2. The van der Waals surface area contributed by atoms with E-state index in [0.29, 0.717) is 23.9 Å². The zero-order valence-electron chi connectivity index (χ0n) is 13.2. The van der Waals surface area contributed by atoms with Gasteiger partial charge in [-0.3, -0.25) is 9.59 Å². The van der Waals surface area contributed by atoms with E-state index < -0.39 is 5.92 Å². The largest absolute Gasteiger partial charge is 0.426 e. The minimum atomic E-state index is -0.413. The molecule has 0 spiro atoms. The summed E-state index contributed by atoms with van der Waals surface area (Å²) in [4.78, 5) is 26.1. The first-order valence-corrected chi connectivity index (χ1v) is 8.28. The van der Waals surface area contributed by atoms with Crippen molar-refractivity contribution >= 4 is 23.5 Å². The molecule has 124 valence electrons. The number of likely N-dealkylation sites (tertiary alicyclic amines) is 1. The molecule has 3 rings (SSSR count). The summed E-state index contributed by atoms with van der Waals surface area (Å²) in [6.07, 6.45) is 0.993. The van der Waals surface area contributed by atoms with E-state index in [1.807, 2.05) is 30.3 Å². The lowest BCUT2D eigenvalue weighted by molar-refractivity contribution is -0.139. The summed E-state index contributed by atoms with van der Waals surface area (Å²) in [5.41, 5.74) is 1.18. The third-order valence-corrected chi connectivity index (χ3v) is 4.35. The van der Waals surface area contributed by atoms with Gasteiger partial charge in [0, 0.05) is 24.5 Å². The fraction of sp³-hybridized carbons (Fsp3) is 0.263. The average molecular weight is 344 g/mol.